The fourth-order valence-electron chi connectivity index (χ4n) is 3.42. The van der Waals surface area contributed by atoms with Gasteiger partial charge in [0.2, 0.25) is 5.91 Å². The van der Waals surface area contributed by atoms with E-state index in [9.17, 15) is 23.9 Å². The zero-order chi connectivity index (χ0) is 16.7. The van der Waals surface area contributed by atoms with Crippen molar-refractivity contribution in [3.63, 3.8) is 0 Å². The number of nitrogens with one attached hydrogen (secondary N) is 1. The molecule has 0 saturated heterocycles. The van der Waals surface area contributed by atoms with Crippen LogP contribution in [0.25, 0.3) is 0 Å². The highest BCUT2D eigenvalue weighted by atomic mass is 32.2. The van der Waals surface area contributed by atoms with Crippen molar-refractivity contribution in [1.29, 1.82) is 0 Å². The molecule has 2 rings (SSSR count). The Morgan fingerprint density at radius 3 is 2.59 bits per heavy atom. The molecule has 2 fully saturated rings. The Morgan fingerprint density at radius 2 is 2.09 bits per heavy atom. The Hall–Kier alpha value is -1.35. The van der Waals surface area contributed by atoms with Gasteiger partial charge in [0.25, 0.3) is 0 Å². The molecule has 2 aliphatic carbocycles. The van der Waals surface area contributed by atoms with Gasteiger partial charge in [0.05, 0.1) is 12.0 Å². The first-order chi connectivity index (χ1) is 10.3. The van der Waals surface area contributed by atoms with Gasteiger partial charge in [-0.05, 0) is 30.8 Å². The first kappa shape index (κ1) is 17.0. The van der Waals surface area contributed by atoms with Crippen molar-refractivity contribution >= 4 is 29.6 Å². The first-order valence-corrected chi connectivity index (χ1v) is 8.33. The topological polar surface area (TPSA) is 130 Å². The summed E-state index contributed by atoms with van der Waals surface area (Å²) in [4.78, 5) is 34.8. The number of thioether (sulfide) groups is 1. The second-order valence-electron chi connectivity index (χ2n) is 5.81. The molecule has 1 amide bonds. The largest absolute Gasteiger partial charge is 0.481 e. The zero-order valence-electron chi connectivity index (χ0n) is 12.0. The lowest BCUT2D eigenvalue weighted by molar-refractivity contribution is -0.153. The summed E-state index contributed by atoms with van der Waals surface area (Å²) in [6, 6.07) is -0.947. The molecule has 7 nitrogen and oxygen atoms in total. The monoisotopic (exact) mass is 334 g/mol. The molecule has 9 heteroatoms. The Morgan fingerprint density at radius 1 is 1.45 bits per heavy atom. The predicted molar refractivity (Wildman–Crippen MR) is 77.1 cm³/mol. The number of carboxylic acid groups (broad SMARTS) is 2. The molecule has 22 heavy (non-hydrogen) atoms. The number of carbonyl (C=O) groups is 3. The van der Waals surface area contributed by atoms with E-state index < -0.39 is 53.4 Å². The van der Waals surface area contributed by atoms with Crippen molar-refractivity contribution < 1.29 is 29.0 Å². The lowest BCUT2D eigenvalue weighted by atomic mass is 9.88. The van der Waals surface area contributed by atoms with E-state index in [2.05, 4.69) is 5.32 Å². The second-order valence-corrected chi connectivity index (χ2v) is 6.79. The normalized spacial score (nSPS) is 37.2. The number of nitrogens with two attached hydrogens (primary N) is 1. The smallest absolute Gasteiger partial charge is 0.332 e. The van der Waals surface area contributed by atoms with Crippen molar-refractivity contribution in [3.05, 3.63) is 0 Å². The van der Waals surface area contributed by atoms with Gasteiger partial charge in [0.1, 0.15) is 6.17 Å². The van der Waals surface area contributed by atoms with Crippen LogP contribution in [0.2, 0.25) is 0 Å². The number of amides is 1. The van der Waals surface area contributed by atoms with Crippen molar-refractivity contribution in [3.8, 4) is 0 Å². The summed E-state index contributed by atoms with van der Waals surface area (Å²) in [7, 11) is 0. The molecule has 0 aromatic heterocycles. The maximum Gasteiger partial charge on any atom is 0.332 e. The van der Waals surface area contributed by atoms with Gasteiger partial charge in [-0.3, -0.25) is 9.59 Å². The average Bonchev–Trinajstić information content (AvgIpc) is 3.08. The van der Waals surface area contributed by atoms with E-state index in [1.165, 1.54) is 11.8 Å². The van der Waals surface area contributed by atoms with E-state index in [0.717, 1.165) is 0 Å². The van der Waals surface area contributed by atoms with Crippen LogP contribution in [0.3, 0.4) is 0 Å². The third-order valence-corrected chi connectivity index (χ3v) is 5.25. The standard InChI is InChI=1S/C13H19FN2O5S/c1-22-3-2-6(15)10(17)16-13(12(20)21)7(14)4-5-8(9(5)13)11(18)19/h5-9H,2-4,15H2,1H3,(H,16,17)(H,18,19)(H,20,21)/t5-,6-,7-,8-,9-,13-/m0/s1. The molecule has 0 aromatic rings. The van der Waals surface area contributed by atoms with Crippen molar-refractivity contribution in [1.82, 2.24) is 5.32 Å². The van der Waals surface area contributed by atoms with Crippen LogP contribution in [-0.2, 0) is 14.4 Å². The molecule has 0 bridgehead atoms. The maximum absolute atomic E-state index is 14.3. The number of hydrogen-bond acceptors (Lipinski definition) is 5. The van der Waals surface area contributed by atoms with E-state index >= 15 is 0 Å². The Labute approximate surface area is 130 Å². The molecule has 5 N–H and O–H groups in total. The van der Waals surface area contributed by atoms with Gasteiger partial charge >= 0.3 is 11.9 Å². The molecule has 0 radical (unpaired) electrons. The van der Waals surface area contributed by atoms with Crippen LogP contribution in [0, 0.1) is 17.8 Å². The molecule has 0 unspecified atom stereocenters. The minimum atomic E-state index is -2.18. The molecule has 0 heterocycles. The quantitative estimate of drug-likeness (QED) is 0.503. The Balaban J connectivity index is 2.17. The molecule has 6 atom stereocenters. The van der Waals surface area contributed by atoms with Crippen LogP contribution in [-0.4, -0.2) is 57.8 Å². The Kier molecular flexibility index (Phi) is 4.67. The van der Waals surface area contributed by atoms with Gasteiger partial charge in [-0.15, -0.1) is 0 Å². The number of halogens is 1. The molecular formula is C13H19FN2O5S. The molecule has 0 aliphatic heterocycles. The van der Waals surface area contributed by atoms with Crippen LogP contribution in [0.1, 0.15) is 12.8 Å². The second kappa shape index (κ2) is 6.04. The number of alkyl halides is 1. The SMILES string of the molecule is CSCC[C@H](N)C(=O)N[C@]1(C(=O)O)[C@H]2[C@@H](C[C@@H]1F)[C@@H]2C(=O)O. The molecule has 124 valence electrons. The Bertz CT molecular complexity index is 505. The van der Waals surface area contributed by atoms with Crippen LogP contribution >= 0.6 is 11.8 Å². The summed E-state index contributed by atoms with van der Waals surface area (Å²) in [6.45, 7) is 0. The number of aliphatic carboxylic acids is 2. The van der Waals surface area contributed by atoms with Crippen LogP contribution in [0.15, 0.2) is 0 Å². The molecule has 0 spiro atoms. The van der Waals surface area contributed by atoms with Gasteiger partial charge in [-0.25, -0.2) is 9.18 Å². The van der Waals surface area contributed by atoms with Crippen molar-refractivity contribution in [2.75, 3.05) is 12.0 Å². The predicted octanol–water partition coefficient (Wildman–Crippen LogP) is -0.305. The number of carbonyl (C=O) groups excluding carboxylic acids is 1. The lowest BCUT2D eigenvalue weighted by Crippen LogP contribution is -2.63. The van der Waals surface area contributed by atoms with E-state index in [0.29, 0.717) is 12.2 Å². The summed E-state index contributed by atoms with van der Waals surface area (Å²) >= 11 is 1.48. The fourth-order valence-corrected chi connectivity index (χ4v) is 3.91. The van der Waals surface area contributed by atoms with Gasteiger partial charge in [0, 0.05) is 5.92 Å². The number of fused-ring (bicyclic) bond motifs is 1. The number of hydrogen-bond donors (Lipinski definition) is 4. The fraction of sp³-hybridized carbons (Fsp3) is 0.769. The van der Waals surface area contributed by atoms with Crippen LogP contribution in [0.4, 0.5) is 4.39 Å². The molecule has 2 saturated carbocycles. The third kappa shape index (κ3) is 2.56. The lowest BCUT2D eigenvalue weighted by Gasteiger charge is -2.32. The highest BCUT2D eigenvalue weighted by Crippen LogP contribution is 2.63. The van der Waals surface area contributed by atoms with E-state index in [1.807, 2.05) is 6.26 Å². The summed E-state index contributed by atoms with van der Waals surface area (Å²) in [5, 5.41) is 20.7. The van der Waals surface area contributed by atoms with Crippen molar-refractivity contribution in [2.24, 2.45) is 23.5 Å². The van der Waals surface area contributed by atoms with Crippen molar-refractivity contribution in [2.45, 2.75) is 30.6 Å². The molecule has 0 aromatic carbocycles. The molecule has 2 aliphatic rings. The number of carboxylic acids is 2. The van der Waals surface area contributed by atoms with Gasteiger partial charge in [-0.2, -0.15) is 11.8 Å². The third-order valence-electron chi connectivity index (χ3n) is 4.61. The summed E-state index contributed by atoms with van der Waals surface area (Å²) < 4.78 is 14.3. The van der Waals surface area contributed by atoms with Gasteiger partial charge < -0.3 is 21.3 Å². The highest BCUT2D eigenvalue weighted by molar-refractivity contribution is 7.98. The zero-order valence-corrected chi connectivity index (χ0v) is 12.8. The first-order valence-electron chi connectivity index (χ1n) is 6.94. The average molecular weight is 334 g/mol. The summed E-state index contributed by atoms with van der Waals surface area (Å²) in [5.74, 6) is -5.24. The van der Waals surface area contributed by atoms with E-state index in [-0.39, 0.29) is 6.42 Å². The van der Waals surface area contributed by atoms with Crippen LogP contribution in [0.5, 0.6) is 0 Å². The number of rotatable bonds is 7. The highest BCUT2D eigenvalue weighted by Gasteiger charge is 2.76. The summed E-state index contributed by atoms with van der Waals surface area (Å²) in [6.07, 6.45) is 0.182. The maximum atomic E-state index is 14.3. The van der Waals surface area contributed by atoms with Gasteiger partial charge in [-0.1, -0.05) is 0 Å². The van der Waals surface area contributed by atoms with E-state index in [1.54, 1.807) is 0 Å². The van der Waals surface area contributed by atoms with Crippen LogP contribution < -0.4 is 11.1 Å². The molecular weight excluding hydrogens is 315 g/mol. The summed E-state index contributed by atoms with van der Waals surface area (Å²) in [5.41, 5.74) is 3.50. The minimum Gasteiger partial charge on any atom is -0.481 e. The van der Waals surface area contributed by atoms with E-state index in [4.69, 9.17) is 10.8 Å². The van der Waals surface area contributed by atoms with Gasteiger partial charge in [0.15, 0.2) is 5.54 Å². The minimum absolute atomic E-state index is 0.172.